The number of aromatic nitrogens is 2. The SMILES string of the molecule is CCOc1cccc(-c2nc(C(C#N)CC)[nH]c2C)c1. The first kappa shape index (κ1) is 14.1. The number of imidazole rings is 1. The monoisotopic (exact) mass is 269 g/mol. The van der Waals surface area contributed by atoms with Crippen molar-refractivity contribution < 1.29 is 4.74 Å². The van der Waals surface area contributed by atoms with E-state index in [0.29, 0.717) is 6.61 Å². The second-order valence-electron chi connectivity index (χ2n) is 4.65. The maximum Gasteiger partial charge on any atom is 0.124 e. The Morgan fingerprint density at radius 3 is 2.85 bits per heavy atom. The number of H-pyrrole nitrogens is 1. The normalized spacial score (nSPS) is 11.9. The van der Waals surface area contributed by atoms with Crippen molar-refractivity contribution in [3.05, 3.63) is 35.8 Å². The van der Waals surface area contributed by atoms with Gasteiger partial charge in [0.05, 0.1) is 18.4 Å². The predicted octanol–water partition coefficient (Wildman–Crippen LogP) is 3.80. The number of nitrogens with one attached hydrogen (secondary N) is 1. The second kappa shape index (κ2) is 6.25. The number of aryl methyl sites for hydroxylation is 1. The van der Waals surface area contributed by atoms with Gasteiger partial charge in [-0.1, -0.05) is 19.1 Å². The molecule has 20 heavy (non-hydrogen) atoms. The van der Waals surface area contributed by atoms with Crippen LogP contribution in [-0.4, -0.2) is 16.6 Å². The van der Waals surface area contributed by atoms with Crippen LogP contribution in [0.1, 0.15) is 37.7 Å². The fraction of sp³-hybridized carbons (Fsp3) is 0.375. The van der Waals surface area contributed by atoms with Crippen LogP contribution in [-0.2, 0) is 0 Å². The average molecular weight is 269 g/mol. The summed E-state index contributed by atoms with van der Waals surface area (Å²) in [4.78, 5) is 7.81. The molecule has 0 saturated carbocycles. The van der Waals surface area contributed by atoms with Crippen LogP contribution in [0.5, 0.6) is 5.75 Å². The van der Waals surface area contributed by atoms with E-state index in [4.69, 9.17) is 10.00 Å². The number of benzene rings is 1. The molecule has 1 N–H and O–H groups in total. The zero-order chi connectivity index (χ0) is 14.5. The molecular formula is C16H19N3O. The molecule has 104 valence electrons. The van der Waals surface area contributed by atoms with E-state index in [9.17, 15) is 0 Å². The Labute approximate surface area is 119 Å². The lowest BCUT2D eigenvalue weighted by Gasteiger charge is -2.05. The van der Waals surface area contributed by atoms with Crippen molar-refractivity contribution in [1.29, 1.82) is 5.26 Å². The molecule has 1 aromatic heterocycles. The van der Waals surface area contributed by atoms with Crippen LogP contribution in [0.2, 0.25) is 0 Å². The van der Waals surface area contributed by atoms with Crippen LogP contribution in [0.25, 0.3) is 11.3 Å². The second-order valence-corrected chi connectivity index (χ2v) is 4.65. The first-order chi connectivity index (χ1) is 9.69. The maximum atomic E-state index is 9.13. The number of nitrogens with zero attached hydrogens (tertiary/aromatic N) is 2. The predicted molar refractivity (Wildman–Crippen MR) is 78.6 cm³/mol. The zero-order valence-electron chi connectivity index (χ0n) is 12.1. The number of hydrogen-bond acceptors (Lipinski definition) is 3. The van der Waals surface area contributed by atoms with Gasteiger partial charge < -0.3 is 9.72 Å². The van der Waals surface area contributed by atoms with Gasteiger partial charge in [-0.2, -0.15) is 5.26 Å². The van der Waals surface area contributed by atoms with Gasteiger partial charge >= 0.3 is 0 Å². The van der Waals surface area contributed by atoms with E-state index < -0.39 is 0 Å². The van der Waals surface area contributed by atoms with E-state index in [0.717, 1.165) is 34.9 Å². The van der Waals surface area contributed by atoms with E-state index in [2.05, 4.69) is 16.0 Å². The molecule has 0 amide bonds. The first-order valence-electron chi connectivity index (χ1n) is 6.88. The minimum atomic E-state index is -0.183. The van der Waals surface area contributed by atoms with Crippen molar-refractivity contribution in [3.63, 3.8) is 0 Å². The van der Waals surface area contributed by atoms with E-state index in [1.165, 1.54) is 0 Å². The quantitative estimate of drug-likeness (QED) is 0.898. The summed E-state index contributed by atoms with van der Waals surface area (Å²) >= 11 is 0. The van der Waals surface area contributed by atoms with E-state index in [1.54, 1.807) is 0 Å². The third-order valence-corrected chi connectivity index (χ3v) is 3.22. The third-order valence-electron chi connectivity index (χ3n) is 3.22. The Morgan fingerprint density at radius 1 is 1.40 bits per heavy atom. The smallest absolute Gasteiger partial charge is 0.124 e. The topological polar surface area (TPSA) is 61.7 Å². The Hall–Kier alpha value is -2.28. The van der Waals surface area contributed by atoms with E-state index in [-0.39, 0.29) is 5.92 Å². The molecule has 4 heteroatoms. The van der Waals surface area contributed by atoms with Gasteiger partial charge in [0, 0.05) is 11.3 Å². The van der Waals surface area contributed by atoms with Crippen molar-refractivity contribution in [1.82, 2.24) is 9.97 Å². The van der Waals surface area contributed by atoms with E-state index in [1.807, 2.05) is 45.0 Å². The van der Waals surface area contributed by atoms with Gasteiger partial charge in [0.15, 0.2) is 0 Å². The van der Waals surface area contributed by atoms with Crippen molar-refractivity contribution in [2.24, 2.45) is 0 Å². The summed E-state index contributed by atoms with van der Waals surface area (Å²) in [5.41, 5.74) is 2.86. The Kier molecular flexibility index (Phi) is 4.41. The van der Waals surface area contributed by atoms with Crippen LogP contribution in [0, 0.1) is 18.3 Å². The molecule has 0 aliphatic carbocycles. The summed E-state index contributed by atoms with van der Waals surface area (Å²) in [6.07, 6.45) is 0.752. The van der Waals surface area contributed by atoms with Gasteiger partial charge in [0.2, 0.25) is 0 Å². The number of nitriles is 1. The van der Waals surface area contributed by atoms with Gasteiger partial charge in [-0.3, -0.25) is 0 Å². The summed E-state index contributed by atoms with van der Waals surface area (Å²) < 4.78 is 5.51. The third kappa shape index (κ3) is 2.83. The van der Waals surface area contributed by atoms with Crippen LogP contribution < -0.4 is 4.74 Å². The highest BCUT2D eigenvalue weighted by atomic mass is 16.5. The largest absolute Gasteiger partial charge is 0.494 e. The Morgan fingerprint density at radius 2 is 2.20 bits per heavy atom. The molecule has 2 aromatic rings. The van der Waals surface area contributed by atoms with Crippen molar-refractivity contribution in [3.8, 4) is 23.1 Å². The molecule has 1 unspecified atom stereocenters. The number of ether oxygens (including phenoxy) is 1. The molecule has 4 nitrogen and oxygen atoms in total. The molecule has 0 bridgehead atoms. The molecule has 1 aromatic carbocycles. The summed E-state index contributed by atoms with van der Waals surface area (Å²) in [5, 5.41) is 9.13. The lowest BCUT2D eigenvalue weighted by molar-refractivity contribution is 0.340. The van der Waals surface area contributed by atoms with Crippen molar-refractivity contribution in [2.75, 3.05) is 6.61 Å². The van der Waals surface area contributed by atoms with Gasteiger partial charge in [-0.05, 0) is 32.4 Å². The summed E-state index contributed by atoms with van der Waals surface area (Å²) in [7, 11) is 0. The lowest BCUT2D eigenvalue weighted by atomic mass is 10.1. The summed E-state index contributed by atoms with van der Waals surface area (Å²) in [6, 6.07) is 10.1. The van der Waals surface area contributed by atoms with Crippen LogP contribution >= 0.6 is 0 Å². The molecule has 0 aliphatic rings. The van der Waals surface area contributed by atoms with Crippen LogP contribution in [0.3, 0.4) is 0 Å². The molecule has 1 heterocycles. The number of rotatable bonds is 5. The van der Waals surface area contributed by atoms with Crippen molar-refractivity contribution in [2.45, 2.75) is 33.1 Å². The van der Waals surface area contributed by atoms with Gasteiger partial charge in [0.1, 0.15) is 17.5 Å². The molecule has 0 aliphatic heterocycles. The maximum absolute atomic E-state index is 9.13. The minimum Gasteiger partial charge on any atom is -0.494 e. The van der Waals surface area contributed by atoms with E-state index >= 15 is 0 Å². The highest BCUT2D eigenvalue weighted by Gasteiger charge is 2.16. The molecule has 0 radical (unpaired) electrons. The zero-order valence-corrected chi connectivity index (χ0v) is 12.1. The lowest BCUT2D eigenvalue weighted by Crippen LogP contribution is -1.96. The standard InChI is InChI=1S/C16H19N3O/c1-4-12(10-17)16-18-11(3)15(19-16)13-7-6-8-14(9-13)20-5-2/h6-9,12H,4-5H2,1-3H3,(H,18,19). The Balaban J connectivity index is 2.38. The molecule has 0 fully saturated rings. The van der Waals surface area contributed by atoms with Crippen molar-refractivity contribution >= 4 is 0 Å². The molecule has 2 rings (SSSR count). The molecular weight excluding hydrogens is 250 g/mol. The molecule has 1 atom stereocenters. The highest BCUT2D eigenvalue weighted by molar-refractivity contribution is 5.63. The fourth-order valence-corrected chi connectivity index (χ4v) is 2.18. The number of aromatic amines is 1. The average Bonchev–Trinajstić information content (AvgIpc) is 2.83. The highest BCUT2D eigenvalue weighted by Crippen LogP contribution is 2.27. The van der Waals surface area contributed by atoms with Crippen LogP contribution in [0.4, 0.5) is 0 Å². The Bertz CT molecular complexity index is 625. The summed E-state index contributed by atoms with van der Waals surface area (Å²) in [5.74, 6) is 1.39. The first-order valence-corrected chi connectivity index (χ1v) is 6.88. The van der Waals surface area contributed by atoms with Gasteiger partial charge in [-0.25, -0.2) is 4.98 Å². The minimum absolute atomic E-state index is 0.183. The van der Waals surface area contributed by atoms with Gasteiger partial charge in [-0.15, -0.1) is 0 Å². The molecule has 0 saturated heterocycles. The fourth-order valence-electron chi connectivity index (χ4n) is 2.18. The number of hydrogen-bond donors (Lipinski definition) is 1. The molecule has 0 spiro atoms. The van der Waals surface area contributed by atoms with Gasteiger partial charge in [0.25, 0.3) is 0 Å². The summed E-state index contributed by atoms with van der Waals surface area (Å²) in [6.45, 7) is 6.56. The van der Waals surface area contributed by atoms with Crippen LogP contribution in [0.15, 0.2) is 24.3 Å².